The van der Waals surface area contributed by atoms with Gasteiger partial charge in [-0.3, -0.25) is 0 Å². The molecule has 1 aliphatic rings. The van der Waals surface area contributed by atoms with E-state index in [1.165, 1.54) is 17.9 Å². The van der Waals surface area contributed by atoms with E-state index in [2.05, 4.69) is 24.1 Å². The number of thioether (sulfide) groups is 1. The number of thiocarbonyl (C=S) groups is 1. The molecule has 1 unspecified atom stereocenters. The molecule has 4 heteroatoms. The Balaban J connectivity index is 2.48. The monoisotopic (exact) mass is 218 g/mol. The summed E-state index contributed by atoms with van der Waals surface area (Å²) in [6.45, 7) is 6.37. The van der Waals surface area contributed by atoms with E-state index in [-0.39, 0.29) is 0 Å². The molecule has 0 amide bonds. The Morgan fingerprint density at radius 2 is 2.38 bits per heavy atom. The Labute approximate surface area is 90.4 Å². The van der Waals surface area contributed by atoms with Crippen LogP contribution >= 0.6 is 24.0 Å². The highest BCUT2D eigenvalue weighted by Crippen LogP contribution is 2.15. The fourth-order valence-electron chi connectivity index (χ4n) is 1.45. The fraction of sp³-hybridized carbons (Fsp3) is 0.889. The summed E-state index contributed by atoms with van der Waals surface area (Å²) in [6.07, 6.45) is 1.25. The maximum absolute atomic E-state index is 5.32. The predicted molar refractivity (Wildman–Crippen MR) is 64.4 cm³/mol. The number of rotatable bonds is 1. The summed E-state index contributed by atoms with van der Waals surface area (Å²) in [5, 5.41) is 4.15. The first-order valence-electron chi connectivity index (χ1n) is 4.88. The van der Waals surface area contributed by atoms with Crippen LogP contribution in [0.15, 0.2) is 0 Å². The van der Waals surface area contributed by atoms with E-state index < -0.39 is 0 Å². The zero-order valence-electron chi connectivity index (χ0n) is 8.38. The van der Waals surface area contributed by atoms with Gasteiger partial charge in [-0.2, -0.15) is 11.8 Å². The third kappa shape index (κ3) is 3.35. The van der Waals surface area contributed by atoms with E-state index in [4.69, 9.17) is 12.2 Å². The molecule has 1 aliphatic heterocycles. The molecule has 76 valence electrons. The van der Waals surface area contributed by atoms with Crippen LogP contribution in [0.25, 0.3) is 0 Å². The second-order valence-corrected chi connectivity index (χ2v) is 4.89. The van der Waals surface area contributed by atoms with Gasteiger partial charge in [0, 0.05) is 24.9 Å². The quantitative estimate of drug-likeness (QED) is 0.674. The van der Waals surface area contributed by atoms with Gasteiger partial charge >= 0.3 is 0 Å². The lowest BCUT2D eigenvalue weighted by Crippen LogP contribution is -2.45. The molecular formula is C9H18N2S2. The van der Waals surface area contributed by atoms with E-state index in [0.717, 1.165) is 18.2 Å². The van der Waals surface area contributed by atoms with Gasteiger partial charge in [0.2, 0.25) is 0 Å². The Hall–Kier alpha value is 0.0400. The second-order valence-electron chi connectivity index (χ2n) is 3.28. The number of nitrogens with one attached hydrogen (secondary N) is 1. The van der Waals surface area contributed by atoms with Crippen molar-refractivity contribution in [1.29, 1.82) is 0 Å². The van der Waals surface area contributed by atoms with Crippen LogP contribution in [0.4, 0.5) is 0 Å². The summed E-state index contributed by atoms with van der Waals surface area (Å²) >= 11 is 7.35. The van der Waals surface area contributed by atoms with E-state index >= 15 is 0 Å². The standard InChI is InChI=1S/C9H18N2S2/c1-3-10-9(12)11-5-7-13-6-4-8(11)2/h8H,3-7H2,1-2H3,(H,10,12). The van der Waals surface area contributed by atoms with Crippen molar-refractivity contribution in [2.24, 2.45) is 0 Å². The third-order valence-corrected chi connectivity index (χ3v) is 3.65. The highest BCUT2D eigenvalue weighted by atomic mass is 32.2. The Morgan fingerprint density at radius 1 is 1.62 bits per heavy atom. The van der Waals surface area contributed by atoms with Crippen molar-refractivity contribution in [1.82, 2.24) is 10.2 Å². The van der Waals surface area contributed by atoms with Gasteiger partial charge in [-0.15, -0.1) is 0 Å². The Bertz CT molecular complexity index is 173. The lowest BCUT2D eigenvalue weighted by atomic mass is 10.2. The minimum Gasteiger partial charge on any atom is -0.363 e. The molecule has 1 saturated heterocycles. The van der Waals surface area contributed by atoms with E-state index in [9.17, 15) is 0 Å². The smallest absolute Gasteiger partial charge is 0.169 e. The molecule has 1 heterocycles. The Morgan fingerprint density at radius 3 is 3.08 bits per heavy atom. The van der Waals surface area contributed by atoms with Crippen LogP contribution in [0.1, 0.15) is 20.3 Å². The highest BCUT2D eigenvalue weighted by Gasteiger charge is 2.18. The molecule has 0 aromatic rings. The third-order valence-electron chi connectivity index (χ3n) is 2.28. The van der Waals surface area contributed by atoms with Crippen molar-refractivity contribution in [3.05, 3.63) is 0 Å². The SMILES string of the molecule is CCNC(=S)N1CCSCCC1C. The van der Waals surface area contributed by atoms with Gasteiger partial charge in [0.15, 0.2) is 5.11 Å². The van der Waals surface area contributed by atoms with Gasteiger partial charge in [-0.05, 0) is 38.2 Å². The number of nitrogens with zero attached hydrogens (tertiary/aromatic N) is 1. The van der Waals surface area contributed by atoms with Crippen molar-refractivity contribution < 1.29 is 0 Å². The van der Waals surface area contributed by atoms with Crippen molar-refractivity contribution in [3.63, 3.8) is 0 Å². The van der Waals surface area contributed by atoms with Gasteiger partial charge in [0.05, 0.1) is 0 Å². The number of hydrogen-bond acceptors (Lipinski definition) is 2. The minimum absolute atomic E-state index is 0.599. The Kier molecular flexibility index (Phi) is 4.88. The van der Waals surface area contributed by atoms with Gasteiger partial charge in [0.25, 0.3) is 0 Å². The first-order chi connectivity index (χ1) is 6.25. The molecule has 1 N–H and O–H groups in total. The van der Waals surface area contributed by atoms with Crippen molar-refractivity contribution in [3.8, 4) is 0 Å². The molecule has 13 heavy (non-hydrogen) atoms. The molecule has 0 aliphatic carbocycles. The average molecular weight is 218 g/mol. The summed E-state index contributed by atoms with van der Waals surface area (Å²) in [7, 11) is 0. The molecule has 1 fully saturated rings. The molecule has 0 aromatic heterocycles. The van der Waals surface area contributed by atoms with Gasteiger partial charge in [0.1, 0.15) is 0 Å². The number of hydrogen-bond donors (Lipinski definition) is 1. The van der Waals surface area contributed by atoms with Crippen LogP contribution < -0.4 is 5.32 Å². The van der Waals surface area contributed by atoms with Crippen LogP contribution in [0.3, 0.4) is 0 Å². The molecule has 1 rings (SSSR count). The largest absolute Gasteiger partial charge is 0.363 e. The van der Waals surface area contributed by atoms with Crippen molar-refractivity contribution in [2.75, 3.05) is 24.6 Å². The average Bonchev–Trinajstić information content (AvgIpc) is 2.30. The summed E-state index contributed by atoms with van der Waals surface area (Å²) in [5.74, 6) is 2.47. The van der Waals surface area contributed by atoms with Gasteiger partial charge in [-0.25, -0.2) is 0 Å². The topological polar surface area (TPSA) is 15.3 Å². The van der Waals surface area contributed by atoms with Gasteiger partial charge in [-0.1, -0.05) is 0 Å². The molecule has 0 saturated carbocycles. The van der Waals surface area contributed by atoms with E-state index in [1.54, 1.807) is 0 Å². The molecule has 1 atom stereocenters. The zero-order valence-corrected chi connectivity index (χ0v) is 10.0. The van der Waals surface area contributed by atoms with Crippen molar-refractivity contribution >= 4 is 29.1 Å². The van der Waals surface area contributed by atoms with Crippen LogP contribution in [0.2, 0.25) is 0 Å². The second kappa shape index (κ2) is 5.70. The molecule has 0 bridgehead atoms. The fourth-order valence-corrected chi connectivity index (χ4v) is 2.90. The summed E-state index contributed by atoms with van der Waals surface area (Å²) in [6, 6.07) is 0.599. The lowest BCUT2D eigenvalue weighted by Gasteiger charge is -2.29. The maximum Gasteiger partial charge on any atom is 0.169 e. The maximum atomic E-state index is 5.32. The van der Waals surface area contributed by atoms with Crippen LogP contribution in [-0.2, 0) is 0 Å². The van der Waals surface area contributed by atoms with Crippen LogP contribution in [0.5, 0.6) is 0 Å². The molecule has 0 radical (unpaired) electrons. The van der Waals surface area contributed by atoms with Crippen LogP contribution in [0, 0.1) is 0 Å². The zero-order chi connectivity index (χ0) is 9.68. The summed E-state index contributed by atoms with van der Waals surface area (Å²) in [5.41, 5.74) is 0. The molecule has 0 aromatic carbocycles. The summed E-state index contributed by atoms with van der Waals surface area (Å²) in [4.78, 5) is 2.32. The summed E-state index contributed by atoms with van der Waals surface area (Å²) < 4.78 is 0. The highest BCUT2D eigenvalue weighted by molar-refractivity contribution is 7.99. The first-order valence-corrected chi connectivity index (χ1v) is 6.44. The molecule has 2 nitrogen and oxygen atoms in total. The molecule has 0 spiro atoms. The first kappa shape index (κ1) is 11.1. The van der Waals surface area contributed by atoms with Gasteiger partial charge < -0.3 is 10.2 Å². The van der Waals surface area contributed by atoms with Crippen molar-refractivity contribution in [2.45, 2.75) is 26.3 Å². The van der Waals surface area contributed by atoms with E-state index in [1.807, 2.05) is 11.8 Å². The lowest BCUT2D eigenvalue weighted by molar-refractivity contribution is 0.342. The van der Waals surface area contributed by atoms with E-state index in [0.29, 0.717) is 6.04 Å². The minimum atomic E-state index is 0.599. The predicted octanol–water partition coefficient (Wildman–Crippen LogP) is 1.71. The normalized spacial score (nSPS) is 23.8. The van der Waals surface area contributed by atoms with Crippen LogP contribution in [-0.4, -0.2) is 40.6 Å². The molecular weight excluding hydrogens is 200 g/mol.